The van der Waals surface area contributed by atoms with Crippen LogP contribution < -0.4 is 0 Å². The summed E-state index contributed by atoms with van der Waals surface area (Å²) in [5.74, 6) is 0. The summed E-state index contributed by atoms with van der Waals surface area (Å²) >= 11 is 0. The number of rotatable bonds is 2. The predicted octanol–water partition coefficient (Wildman–Crippen LogP) is 2.87. The molecule has 2 heteroatoms. The third-order valence-corrected chi connectivity index (χ3v) is 6.32. The minimum absolute atomic E-state index is 1.26. The van der Waals surface area contributed by atoms with Crippen LogP contribution in [0, 0.1) is 34.6 Å². The molecule has 0 unspecified atom stereocenters. The van der Waals surface area contributed by atoms with Crippen LogP contribution in [0.3, 0.4) is 0 Å². The third kappa shape index (κ3) is 2.10. The molecular formula is C18H29N2+. The summed E-state index contributed by atoms with van der Waals surface area (Å²) in [7, 11) is 0. The van der Waals surface area contributed by atoms with Crippen molar-refractivity contribution >= 4 is 0 Å². The molecule has 4 rings (SSSR count). The normalized spacial score (nSPS) is 28.9. The number of hydrogen-bond donors (Lipinski definition) is 0. The van der Waals surface area contributed by atoms with Crippen LogP contribution >= 0.6 is 0 Å². The van der Waals surface area contributed by atoms with Crippen molar-refractivity contribution in [2.75, 3.05) is 39.3 Å². The number of piperazine rings is 3. The van der Waals surface area contributed by atoms with E-state index in [2.05, 4.69) is 39.5 Å². The maximum atomic E-state index is 2.63. The van der Waals surface area contributed by atoms with E-state index in [9.17, 15) is 0 Å². The van der Waals surface area contributed by atoms with Crippen LogP contribution in [0.25, 0.3) is 0 Å². The molecule has 3 aliphatic rings. The summed E-state index contributed by atoms with van der Waals surface area (Å²) < 4.78 is 1.33. The van der Waals surface area contributed by atoms with Crippen molar-refractivity contribution < 1.29 is 4.48 Å². The van der Waals surface area contributed by atoms with E-state index in [1.165, 1.54) is 67.0 Å². The second kappa shape index (κ2) is 4.85. The Bertz CT molecular complexity index is 494. The molecule has 1 aromatic carbocycles. The molecule has 3 heterocycles. The van der Waals surface area contributed by atoms with E-state index in [-0.39, 0.29) is 0 Å². The fraction of sp³-hybridized carbons (Fsp3) is 0.667. The number of fused-ring (bicyclic) bond motifs is 3. The van der Waals surface area contributed by atoms with Gasteiger partial charge >= 0.3 is 0 Å². The number of nitrogens with zero attached hydrogens (tertiary/aromatic N) is 2. The lowest BCUT2D eigenvalue weighted by Gasteiger charge is -2.51. The average molecular weight is 273 g/mol. The van der Waals surface area contributed by atoms with E-state index < -0.39 is 0 Å². The quantitative estimate of drug-likeness (QED) is 0.749. The first-order chi connectivity index (χ1) is 9.43. The Morgan fingerprint density at radius 1 is 0.700 bits per heavy atom. The summed E-state index contributed by atoms with van der Waals surface area (Å²) in [6.45, 7) is 20.8. The Morgan fingerprint density at radius 3 is 1.55 bits per heavy atom. The van der Waals surface area contributed by atoms with Gasteiger partial charge in [0, 0.05) is 25.2 Å². The molecule has 0 aliphatic carbocycles. The van der Waals surface area contributed by atoms with Crippen LogP contribution in [-0.4, -0.2) is 48.7 Å². The summed E-state index contributed by atoms with van der Waals surface area (Å²) in [4.78, 5) is 2.63. The number of hydrogen-bond acceptors (Lipinski definition) is 1. The molecule has 3 saturated heterocycles. The summed E-state index contributed by atoms with van der Waals surface area (Å²) in [6.07, 6.45) is 0. The SMILES string of the molecule is Cc1c(C)c(C)c(C[N+]23CCN(CC2)CC3)c(C)c1C. The van der Waals surface area contributed by atoms with Gasteiger partial charge in [-0.05, 0) is 62.4 Å². The number of quaternary nitrogens is 1. The van der Waals surface area contributed by atoms with Gasteiger partial charge in [0.05, 0.1) is 19.6 Å². The van der Waals surface area contributed by atoms with Gasteiger partial charge in [-0.1, -0.05) is 0 Å². The van der Waals surface area contributed by atoms with Crippen LogP contribution in [0.15, 0.2) is 0 Å². The van der Waals surface area contributed by atoms with E-state index in [1.54, 1.807) is 16.7 Å². The lowest BCUT2D eigenvalue weighted by Crippen LogP contribution is -2.66. The smallest absolute Gasteiger partial charge is 0.105 e. The first kappa shape index (κ1) is 14.1. The van der Waals surface area contributed by atoms with Crippen molar-refractivity contribution in [3.63, 3.8) is 0 Å². The molecule has 0 saturated carbocycles. The molecule has 0 radical (unpaired) electrons. The molecule has 0 spiro atoms. The highest BCUT2D eigenvalue weighted by molar-refractivity contribution is 5.49. The van der Waals surface area contributed by atoms with Crippen LogP contribution in [0.1, 0.15) is 33.4 Å². The van der Waals surface area contributed by atoms with E-state index in [4.69, 9.17) is 0 Å². The highest BCUT2D eigenvalue weighted by atomic mass is 15.4. The van der Waals surface area contributed by atoms with Gasteiger partial charge in [-0.15, -0.1) is 0 Å². The van der Waals surface area contributed by atoms with Gasteiger partial charge in [0.1, 0.15) is 6.54 Å². The molecule has 110 valence electrons. The summed E-state index contributed by atoms with van der Waals surface area (Å²) in [5.41, 5.74) is 9.25. The minimum atomic E-state index is 1.26. The zero-order valence-corrected chi connectivity index (χ0v) is 13.8. The Labute approximate surface area is 124 Å². The maximum absolute atomic E-state index is 2.63. The van der Waals surface area contributed by atoms with Crippen LogP contribution in [0.5, 0.6) is 0 Å². The highest BCUT2D eigenvalue weighted by Gasteiger charge is 2.39. The van der Waals surface area contributed by atoms with Gasteiger partial charge in [0.15, 0.2) is 0 Å². The van der Waals surface area contributed by atoms with Crippen molar-refractivity contribution in [3.8, 4) is 0 Å². The van der Waals surface area contributed by atoms with Gasteiger partial charge < -0.3 is 4.48 Å². The Balaban J connectivity index is 1.99. The lowest BCUT2D eigenvalue weighted by atomic mass is 9.88. The van der Waals surface area contributed by atoms with E-state index >= 15 is 0 Å². The second-order valence-corrected chi connectivity index (χ2v) is 7.12. The zero-order valence-electron chi connectivity index (χ0n) is 13.8. The first-order valence-corrected chi connectivity index (χ1v) is 8.07. The van der Waals surface area contributed by atoms with Crippen molar-refractivity contribution in [2.24, 2.45) is 0 Å². The van der Waals surface area contributed by atoms with Gasteiger partial charge in [-0.3, -0.25) is 4.90 Å². The fourth-order valence-corrected chi connectivity index (χ4v) is 4.12. The highest BCUT2D eigenvalue weighted by Crippen LogP contribution is 2.31. The molecule has 0 amide bonds. The molecule has 3 aliphatic heterocycles. The van der Waals surface area contributed by atoms with Crippen LogP contribution in [0.4, 0.5) is 0 Å². The van der Waals surface area contributed by atoms with Crippen molar-refractivity contribution in [2.45, 2.75) is 41.2 Å². The van der Waals surface area contributed by atoms with Gasteiger partial charge in [0.25, 0.3) is 0 Å². The summed E-state index contributed by atoms with van der Waals surface area (Å²) in [6, 6.07) is 0. The van der Waals surface area contributed by atoms with Gasteiger partial charge in [0.2, 0.25) is 0 Å². The van der Waals surface area contributed by atoms with Crippen LogP contribution in [0.2, 0.25) is 0 Å². The molecule has 20 heavy (non-hydrogen) atoms. The largest absolute Gasteiger partial charge is 0.317 e. The molecule has 1 aromatic rings. The Kier molecular flexibility index (Phi) is 3.42. The Morgan fingerprint density at radius 2 is 1.10 bits per heavy atom. The lowest BCUT2D eigenvalue weighted by molar-refractivity contribution is -0.953. The molecule has 0 N–H and O–H groups in total. The minimum Gasteiger partial charge on any atom is -0.317 e. The van der Waals surface area contributed by atoms with E-state index in [0.29, 0.717) is 0 Å². The number of benzene rings is 1. The summed E-state index contributed by atoms with van der Waals surface area (Å²) in [5, 5.41) is 0. The monoisotopic (exact) mass is 273 g/mol. The van der Waals surface area contributed by atoms with Crippen molar-refractivity contribution in [1.29, 1.82) is 0 Å². The van der Waals surface area contributed by atoms with Gasteiger partial charge in [-0.2, -0.15) is 0 Å². The van der Waals surface area contributed by atoms with Crippen LogP contribution in [-0.2, 0) is 6.54 Å². The zero-order chi connectivity index (χ0) is 14.5. The third-order valence-electron chi connectivity index (χ3n) is 6.32. The first-order valence-electron chi connectivity index (χ1n) is 8.07. The topological polar surface area (TPSA) is 3.24 Å². The molecule has 2 bridgehead atoms. The average Bonchev–Trinajstić information content (AvgIpc) is 2.49. The van der Waals surface area contributed by atoms with Crippen molar-refractivity contribution in [3.05, 3.63) is 33.4 Å². The molecular weight excluding hydrogens is 244 g/mol. The van der Waals surface area contributed by atoms with Crippen molar-refractivity contribution in [1.82, 2.24) is 4.90 Å². The second-order valence-electron chi connectivity index (χ2n) is 7.12. The Hall–Kier alpha value is -0.860. The molecule has 0 atom stereocenters. The molecule has 2 nitrogen and oxygen atoms in total. The standard InChI is InChI=1S/C18H29N2/c1-13-14(2)16(4)18(17(5)15(13)3)12-20-9-6-19(7-10-20)8-11-20/h6-12H2,1-5H3/q+1. The maximum Gasteiger partial charge on any atom is 0.105 e. The molecule has 3 fully saturated rings. The molecule has 0 aromatic heterocycles. The van der Waals surface area contributed by atoms with E-state index in [1.807, 2.05) is 0 Å². The predicted molar refractivity (Wildman–Crippen MR) is 85.1 cm³/mol. The van der Waals surface area contributed by atoms with Gasteiger partial charge in [-0.25, -0.2) is 0 Å². The fourth-order valence-electron chi connectivity index (χ4n) is 4.12. The van der Waals surface area contributed by atoms with E-state index in [0.717, 1.165) is 0 Å².